The number of fused-ring (bicyclic) bond motifs is 1. The van der Waals surface area contributed by atoms with Crippen molar-refractivity contribution in [2.45, 2.75) is 12.5 Å². The third-order valence-corrected chi connectivity index (χ3v) is 2.90. The lowest BCUT2D eigenvalue weighted by Crippen LogP contribution is -2.37. The minimum atomic E-state index is -0.814. The average molecular weight is 191 g/mol. The first kappa shape index (κ1) is 9.21. The highest BCUT2D eigenvalue weighted by atomic mass is 16.5. The first-order valence-electron chi connectivity index (χ1n) is 4.54. The Morgan fingerprint density at radius 2 is 2.00 bits per heavy atom. The molecule has 0 aromatic heterocycles. The van der Waals surface area contributed by atoms with Crippen LogP contribution in [0.15, 0.2) is 24.3 Å². The number of amides is 1. The quantitative estimate of drug-likeness (QED) is 0.673. The molecule has 0 saturated heterocycles. The van der Waals surface area contributed by atoms with Gasteiger partial charge >= 0.3 is 0 Å². The van der Waals surface area contributed by atoms with Gasteiger partial charge < -0.3 is 9.64 Å². The summed E-state index contributed by atoms with van der Waals surface area (Å²) in [5, 5.41) is 0. The van der Waals surface area contributed by atoms with Gasteiger partial charge in [0.25, 0.3) is 5.91 Å². The van der Waals surface area contributed by atoms with E-state index in [4.69, 9.17) is 4.74 Å². The SMILES string of the molecule is COC1(C)C(=O)N(C)c2ccccc21. The Labute approximate surface area is 83.3 Å². The maximum absolute atomic E-state index is 11.9. The lowest BCUT2D eigenvalue weighted by atomic mass is 9.98. The molecule has 1 aromatic carbocycles. The summed E-state index contributed by atoms with van der Waals surface area (Å²) < 4.78 is 5.32. The molecule has 3 nitrogen and oxygen atoms in total. The molecule has 0 N–H and O–H groups in total. The van der Waals surface area contributed by atoms with Crippen LogP contribution in [0.2, 0.25) is 0 Å². The number of para-hydroxylation sites is 1. The highest BCUT2D eigenvalue weighted by Gasteiger charge is 2.46. The standard InChI is InChI=1S/C11H13NO2/c1-11(14-3)8-6-4-5-7-9(8)12(2)10(11)13/h4-7H,1-3H3. The van der Waals surface area contributed by atoms with E-state index in [1.165, 1.54) is 0 Å². The van der Waals surface area contributed by atoms with Gasteiger partial charge in [0, 0.05) is 19.7 Å². The average Bonchev–Trinajstić information content (AvgIpc) is 2.43. The number of anilines is 1. The molecule has 1 aromatic rings. The molecule has 3 heteroatoms. The van der Waals surface area contributed by atoms with E-state index >= 15 is 0 Å². The Morgan fingerprint density at radius 1 is 1.36 bits per heavy atom. The van der Waals surface area contributed by atoms with E-state index in [9.17, 15) is 4.79 Å². The molecule has 0 radical (unpaired) electrons. The van der Waals surface area contributed by atoms with Gasteiger partial charge in [0.05, 0.1) is 5.69 Å². The minimum Gasteiger partial charge on any atom is -0.364 e. The molecular formula is C11H13NO2. The summed E-state index contributed by atoms with van der Waals surface area (Å²) in [6.07, 6.45) is 0. The lowest BCUT2D eigenvalue weighted by molar-refractivity contribution is -0.137. The molecule has 0 fully saturated rings. The van der Waals surface area contributed by atoms with Gasteiger partial charge in [-0.3, -0.25) is 4.79 Å². The molecule has 1 heterocycles. The third kappa shape index (κ3) is 0.930. The number of carbonyl (C=O) groups is 1. The van der Waals surface area contributed by atoms with Crippen molar-refractivity contribution < 1.29 is 9.53 Å². The molecule has 1 unspecified atom stereocenters. The maximum atomic E-state index is 11.9. The summed E-state index contributed by atoms with van der Waals surface area (Å²) in [6, 6.07) is 7.70. The molecule has 1 amide bonds. The Kier molecular flexibility index (Phi) is 1.86. The zero-order chi connectivity index (χ0) is 10.3. The molecule has 14 heavy (non-hydrogen) atoms. The highest BCUT2D eigenvalue weighted by Crippen LogP contribution is 2.40. The van der Waals surface area contributed by atoms with E-state index in [1.54, 1.807) is 26.0 Å². The third-order valence-electron chi connectivity index (χ3n) is 2.90. The van der Waals surface area contributed by atoms with Crippen LogP contribution in [0.4, 0.5) is 5.69 Å². The monoisotopic (exact) mass is 191 g/mol. The van der Waals surface area contributed by atoms with E-state index in [-0.39, 0.29) is 5.91 Å². The van der Waals surface area contributed by atoms with E-state index in [2.05, 4.69) is 0 Å². The molecule has 0 aliphatic carbocycles. The van der Waals surface area contributed by atoms with Crippen LogP contribution in [0.25, 0.3) is 0 Å². The number of rotatable bonds is 1. The van der Waals surface area contributed by atoms with Crippen LogP contribution < -0.4 is 4.90 Å². The van der Waals surface area contributed by atoms with Gasteiger partial charge in [-0.05, 0) is 13.0 Å². The zero-order valence-electron chi connectivity index (χ0n) is 8.57. The van der Waals surface area contributed by atoms with Crippen LogP contribution in [0.3, 0.4) is 0 Å². The first-order chi connectivity index (χ1) is 6.61. The summed E-state index contributed by atoms with van der Waals surface area (Å²) in [7, 11) is 3.33. The van der Waals surface area contributed by atoms with Gasteiger partial charge in [-0.1, -0.05) is 18.2 Å². The molecule has 1 atom stereocenters. The minimum absolute atomic E-state index is 0.0128. The molecule has 0 saturated carbocycles. The van der Waals surface area contributed by atoms with Crippen LogP contribution >= 0.6 is 0 Å². The highest BCUT2D eigenvalue weighted by molar-refractivity contribution is 6.06. The van der Waals surface area contributed by atoms with Crippen LogP contribution in [0.5, 0.6) is 0 Å². The van der Waals surface area contributed by atoms with Crippen molar-refractivity contribution in [3.05, 3.63) is 29.8 Å². The van der Waals surface area contributed by atoms with Crippen molar-refractivity contribution in [2.75, 3.05) is 19.1 Å². The summed E-state index contributed by atoms with van der Waals surface area (Å²) in [6.45, 7) is 1.80. The fraction of sp³-hybridized carbons (Fsp3) is 0.364. The van der Waals surface area contributed by atoms with E-state index in [0.29, 0.717) is 0 Å². The molecule has 74 valence electrons. The predicted octanol–water partition coefficient (Wildman–Crippen LogP) is 1.52. The Hall–Kier alpha value is -1.35. The number of methoxy groups -OCH3 is 1. The second kappa shape index (κ2) is 2.82. The Morgan fingerprint density at radius 3 is 2.64 bits per heavy atom. The van der Waals surface area contributed by atoms with Gasteiger partial charge in [0.2, 0.25) is 0 Å². The van der Waals surface area contributed by atoms with Gasteiger partial charge in [-0.25, -0.2) is 0 Å². The van der Waals surface area contributed by atoms with E-state index in [0.717, 1.165) is 11.3 Å². The van der Waals surface area contributed by atoms with Gasteiger partial charge in [0.1, 0.15) is 0 Å². The number of benzene rings is 1. The van der Waals surface area contributed by atoms with E-state index in [1.807, 2.05) is 24.3 Å². The van der Waals surface area contributed by atoms with Crippen molar-refractivity contribution in [3.63, 3.8) is 0 Å². The van der Waals surface area contributed by atoms with Crippen LogP contribution in [-0.2, 0) is 15.1 Å². The normalized spacial score (nSPS) is 25.4. The number of hydrogen-bond donors (Lipinski definition) is 0. The van der Waals surface area contributed by atoms with Crippen molar-refractivity contribution in [2.24, 2.45) is 0 Å². The van der Waals surface area contributed by atoms with Crippen LogP contribution in [0.1, 0.15) is 12.5 Å². The second-order valence-electron chi connectivity index (χ2n) is 3.62. The molecule has 0 bridgehead atoms. The largest absolute Gasteiger partial charge is 0.364 e. The summed E-state index contributed by atoms with van der Waals surface area (Å²) in [4.78, 5) is 13.6. The fourth-order valence-electron chi connectivity index (χ4n) is 1.91. The van der Waals surface area contributed by atoms with Crippen LogP contribution in [-0.4, -0.2) is 20.1 Å². The first-order valence-corrected chi connectivity index (χ1v) is 4.54. The Bertz CT molecular complexity index is 389. The maximum Gasteiger partial charge on any atom is 0.263 e. The second-order valence-corrected chi connectivity index (χ2v) is 3.62. The summed E-state index contributed by atoms with van der Waals surface area (Å²) >= 11 is 0. The van der Waals surface area contributed by atoms with Gasteiger partial charge in [-0.15, -0.1) is 0 Å². The number of hydrogen-bond acceptors (Lipinski definition) is 2. The topological polar surface area (TPSA) is 29.5 Å². The zero-order valence-corrected chi connectivity index (χ0v) is 8.57. The number of carbonyl (C=O) groups excluding carboxylic acids is 1. The molecule has 2 rings (SSSR count). The molecule has 1 aliphatic heterocycles. The van der Waals surface area contributed by atoms with Gasteiger partial charge in [0.15, 0.2) is 5.60 Å². The molecule has 1 aliphatic rings. The number of likely N-dealkylation sites (N-methyl/N-ethyl adjacent to an activating group) is 1. The fourth-order valence-corrected chi connectivity index (χ4v) is 1.91. The van der Waals surface area contributed by atoms with Crippen LogP contribution in [0, 0.1) is 0 Å². The summed E-state index contributed by atoms with van der Waals surface area (Å²) in [5.41, 5.74) is 1.06. The molecular weight excluding hydrogens is 178 g/mol. The van der Waals surface area contributed by atoms with E-state index < -0.39 is 5.60 Å². The lowest BCUT2D eigenvalue weighted by Gasteiger charge is -2.20. The summed E-state index contributed by atoms with van der Waals surface area (Å²) in [5.74, 6) is -0.0128. The van der Waals surface area contributed by atoms with Crippen molar-refractivity contribution >= 4 is 11.6 Å². The smallest absolute Gasteiger partial charge is 0.263 e. The van der Waals surface area contributed by atoms with Gasteiger partial charge in [-0.2, -0.15) is 0 Å². The van der Waals surface area contributed by atoms with Crippen molar-refractivity contribution in [1.82, 2.24) is 0 Å². The van der Waals surface area contributed by atoms with Crippen molar-refractivity contribution in [3.8, 4) is 0 Å². The van der Waals surface area contributed by atoms with Crippen molar-refractivity contribution in [1.29, 1.82) is 0 Å². The number of ether oxygens (including phenoxy) is 1. The molecule has 0 spiro atoms. The number of nitrogens with zero attached hydrogens (tertiary/aromatic N) is 1. The predicted molar refractivity (Wildman–Crippen MR) is 54.2 cm³/mol. The Balaban J connectivity index is 2.65.